The van der Waals surface area contributed by atoms with Crippen LogP contribution >= 0.6 is 15.9 Å². The minimum atomic E-state index is -0.0979. The van der Waals surface area contributed by atoms with Gasteiger partial charge in [0.15, 0.2) is 5.78 Å². The molecule has 1 rings (SSSR count). The van der Waals surface area contributed by atoms with Crippen LogP contribution in [0.5, 0.6) is 0 Å². The molecular formula is C10H16BrN3O. The lowest BCUT2D eigenvalue weighted by atomic mass is 9.99. The number of nitrogens with zero attached hydrogens (tertiary/aromatic N) is 2. The van der Waals surface area contributed by atoms with Gasteiger partial charge in [-0.2, -0.15) is 5.10 Å². The second-order valence-corrected chi connectivity index (χ2v) is 4.85. The van der Waals surface area contributed by atoms with Crippen LogP contribution in [0.2, 0.25) is 0 Å². The molecule has 0 saturated carbocycles. The molecule has 1 aromatic heterocycles. The van der Waals surface area contributed by atoms with Crippen LogP contribution in [0.15, 0.2) is 10.7 Å². The van der Waals surface area contributed by atoms with E-state index in [1.54, 1.807) is 17.9 Å². The average molecular weight is 274 g/mol. The minimum absolute atomic E-state index is 0.0306. The highest BCUT2D eigenvalue weighted by atomic mass is 79.9. The maximum Gasteiger partial charge on any atom is 0.183 e. The van der Waals surface area contributed by atoms with E-state index in [9.17, 15) is 4.79 Å². The van der Waals surface area contributed by atoms with Gasteiger partial charge in [-0.3, -0.25) is 9.48 Å². The van der Waals surface area contributed by atoms with E-state index in [0.717, 1.165) is 4.47 Å². The molecule has 15 heavy (non-hydrogen) atoms. The van der Waals surface area contributed by atoms with Crippen LogP contribution in [0.3, 0.4) is 0 Å². The Morgan fingerprint density at radius 2 is 2.27 bits per heavy atom. The third-order valence-electron chi connectivity index (χ3n) is 2.44. The normalized spacial score (nSPS) is 13.2. The number of nitrogens with two attached hydrogens (primary N) is 1. The highest BCUT2D eigenvalue weighted by Crippen LogP contribution is 2.18. The second-order valence-electron chi connectivity index (χ2n) is 4.00. The lowest BCUT2D eigenvalue weighted by Crippen LogP contribution is -2.30. The molecule has 84 valence electrons. The largest absolute Gasteiger partial charge is 0.327 e. The van der Waals surface area contributed by atoms with Crippen LogP contribution in [-0.2, 0) is 7.05 Å². The van der Waals surface area contributed by atoms with E-state index >= 15 is 0 Å². The van der Waals surface area contributed by atoms with Crippen molar-refractivity contribution in [2.24, 2.45) is 18.7 Å². The molecule has 0 aromatic carbocycles. The van der Waals surface area contributed by atoms with Crippen molar-refractivity contribution in [3.8, 4) is 0 Å². The topological polar surface area (TPSA) is 60.9 Å². The van der Waals surface area contributed by atoms with Gasteiger partial charge in [0.1, 0.15) is 5.69 Å². The van der Waals surface area contributed by atoms with E-state index in [1.807, 2.05) is 13.8 Å². The van der Waals surface area contributed by atoms with Crippen LogP contribution in [0.1, 0.15) is 30.8 Å². The second kappa shape index (κ2) is 4.90. The smallest absolute Gasteiger partial charge is 0.183 e. The number of Topliss-reactive ketones (excluding diaryl/α,β-unsaturated/α-hetero) is 1. The monoisotopic (exact) mass is 273 g/mol. The number of aromatic nitrogens is 2. The van der Waals surface area contributed by atoms with Gasteiger partial charge in [-0.15, -0.1) is 0 Å². The zero-order chi connectivity index (χ0) is 11.6. The van der Waals surface area contributed by atoms with Crippen molar-refractivity contribution in [3.05, 3.63) is 16.4 Å². The van der Waals surface area contributed by atoms with E-state index in [-0.39, 0.29) is 11.8 Å². The number of aryl methyl sites for hydroxylation is 1. The summed E-state index contributed by atoms with van der Waals surface area (Å²) in [6, 6.07) is -0.0979. The molecule has 1 unspecified atom stereocenters. The van der Waals surface area contributed by atoms with Crippen LogP contribution in [0.25, 0.3) is 0 Å². The van der Waals surface area contributed by atoms with Gasteiger partial charge in [0.05, 0.1) is 10.7 Å². The molecule has 0 spiro atoms. The zero-order valence-corrected chi connectivity index (χ0v) is 10.8. The van der Waals surface area contributed by atoms with Crippen LogP contribution < -0.4 is 5.73 Å². The van der Waals surface area contributed by atoms with E-state index in [0.29, 0.717) is 18.0 Å². The summed E-state index contributed by atoms with van der Waals surface area (Å²) < 4.78 is 2.30. The van der Waals surface area contributed by atoms with Crippen molar-refractivity contribution in [2.75, 3.05) is 0 Å². The maximum atomic E-state index is 11.9. The number of hydrogen-bond acceptors (Lipinski definition) is 3. The van der Waals surface area contributed by atoms with Gasteiger partial charge < -0.3 is 5.73 Å². The molecule has 0 amide bonds. The molecule has 0 aliphatic carbocycles. The first-order valence-electron chi connectivity index (χ1n) is 4.89. The Morgan fingerprint density at radius 1 is 1.67 bits per heavy atom. The predicted octanol–water partition coefficient (Wildman–Crippen LogP) is 1.74. The van der Waals surface area contributed by atoms with Gasteiger partial charge in [0, 0.05) is 19.5 Å². The zero-order valence-electron chi connectivity index (χ0n) is 9.20. The fourth-order valence-corrected chi connectivity index (χ4v) is 1.84. The summed E-state index contributed by atoms with van der Waals surface area (Å²) in [4.78, 5) is 11.9. The highest BCUT2D eigenvalue weighted by Gasteiger charge is 2.19. The molecule has 0 bridgehead atoms. The molecule has 0 aliphatic rings. The Bertz CT molecular complexity index is 340. The van der Waals surface area contributed by atoms with Crippen LogP contribution in [-0.4, -0.2) is 21.6 Å². The fourth-order valence-electron chi connectivity index (χ4n) is 1.27. The predicted molar refractivity (Wildman–Crippen MR) is 62.7 cm³/mol. The van der Waals surface area contributed by atoms with E-state index in [1.165, 1.54) is 0 Å². The molecule has 2 N–H and O–H groups in total. The molecule has 0 saturated heterocycles. The van der Waals surface area contributed by atoms with Crippen molar-refractivity contribution >= 4 is 21.7 Å². The number of hydrogen-bond donors (Lipinski definition) is 1. The van der Waals surface area contributed by atoms with Crippen LogP contribution in [0.4, 0.5) is 0 Å². The Balaban J connectivity index is 2.78. The lowest BCUT2D eigenvalue weighted by molar-refractivity contribution is 0.0957. The molecule has 0 radical (unpaired) electrons. The van der Waals surface area contributed by atoms with Crippen molar-refractivity contribution in [3.63, 3.8) is 0 Å². The van der Waals surface area contributed by atoms with Gasteiger partial charge >= 0.3 is 0 Å². The Kier molecular flexibility index (Phi) is 4.04. The first-order valence-corrected chi connectivity index (χ1v) is 5.69. The summed E-state index contributed by atoms with van der Waals surface area (Å²) in [6.07, 6.45) is 1.98. The Hall–Kier alpha value is -0.680. The number of halogens is 1. The summed E-state index contributed by atoms with van der Waals surface area (Å²) >= 11 is 3.30. The number of carbonyl (C=O) groups excluding carboxylic acids is 1. The van der Waals surface area contributed by atoms with Crippen molar-refractivity contribution in [2.45, 2.75) is 26.3 Å². The van der Waals surface area contributed by atoms with Gasteiger partial charge in [-0.1, -0.05) is 13.8 Å². The van der Waals surface area contributed by atoms with Crippen LogP contribution in [0, 0.1) is 5.92 Å². The Labute approximate surface area is 98.0 Å². The van der Waals surface area contributed by atoms with Gasteiger partial charge in [-0.05, 0) is 21.8 Å². The standard InChI is InChI=1S/C10H16BrN3O/c1-6(2)8(12)4-9(15)10-7(11)5-13-14(10)3/h5-6,8H,4,12H2,1-3H3. The summed E-state index contributed by atoms with van der Waals surface area (Å²) in [5.41, 5.74) is 6.45. The highest BCUT2D eigenvalue weighted by molar-refractivity contribution is 9.10. The molecule has 0 fully saturated rings. The van der Waals surface area contributed by atoms with Gasteiger partial charge in [0.25, 0.3) is 0 Å². The third-order valence-corrected chi connectivity index (χ3v) is 3.02. The number of ketones is 1. The number of carbonyl (C=O) groups is 1. The molecule has 5 heteroatoms. The van der Waals surface area contributed by atoms with E-state index in [4.69, 9.17) is 5.73 Å². The summed E-state index contributed by atoms with van der Waals surface area (Å²) in [5.74, 6) is 0.337. The molecule has 1 heterocycles. The first-order chi connectivity index (χ1) is 6.93. The summed E-state index contributed by atoms with van der Waals surface area (Å²) in [6.45, 7) is 4.02. The Morgan fingerprint density at radius 3 is 2.67 bits per heavy atom. The maximum absolute atomic E-state index is 11.9. The molecule has 1 aromatic rings. The van der Waals surface area contributed by atoms with E-state index < -0.39 is 0 Å². The minimum Gasteiger partial charge on any atom is -0.327 e. The molecule has 0 aliphatic heterocycles. The van der Waals surface area contributed by atoms with Gasteiger partial charge in [0.2, 0.25) is 0 Å². The third kappa shape index (κ3) is 2.89. The lowest BCUT2D eigenvalue weighted by Gasteiger charge is -2.14. The van der Waals surface area contributed by atoms with E-state index in [2.05, 4.69) is 21.0 Å². The fraction of sp³-hybridized carbons (Fsp3) is 0.600. The van der Waals surface area contributed by atoms with Gasteiger partial charge in [-0.25, -0.2) is 0 Å². The average Bonchev–Trinajstić information content (AvgIpc) is 2.45. The summed E-state index contributed by atoms with van der Waals surface area (Å²) in [7, 11) is 1.75. The summed E-state index contributed by atoms with van der Waals surface area (Å²) in [5, 5.41) is 4.00. The van der Waals surface area contributed by atoms with Crippen molar-refractivity contribution in [1.82, 2.24) is 9.78 Å². The molecular weight excluding hydrogens is 258 g/mol. The van der Waals surface area contributed by atoms with Crippen molar-refractivity contribution < 1.29 is 4.79 Å². The number of rotatable bonds is 4. The molecule has 1 atom stereocenters. The first kappa shape index (κ1) is 12.4. The quantitative estimate of drug-likeness (QED) is 0.851. The SMILES string of the molecule is CC(C)C(N)CC(=O)c1c(Br)cnn1C. The van der Waals surface area contributed by atoms with Crippen molar-refractivity contribution in [1.29, 1.82) is 0 Å². The molecule has 4 nitrogen and oxygen atoms in total.